The van der Waals surface area contributed by atoms with Gasteiger partial charge in [-0.25, -0.2) is 4.18 Å². The van der Waals surface area contributed by atoms with E-state index in [0.717, 1.165) is 38.5 Å². The van der Waals surface area contributed by atoms with Gasteiger partial charge >= 0.3 is 10.4 Å². The maximum absolute atomic E-state index is 11.6. The van der Waals surface area contributed by atoms with Crippen molar-refractivity contribution in [2.75, 3.05) is 7.11 Å². The number of methoxy groups -OCH3 is 1. The van der Waals surface area contributed by atoms with E-state index in [-0.39, 0.29) is 22.9 Å². The second-order valence-corrected chi connectivity index (χ2v) is 14.9. The standard InChI is InChI=1S/C31H50O6S/c1-19(2)20(3)11-9-12-21-13-10-14-23-22-15-16-26-29(4,5)28(37-38(33,34)35)25(32)18-30(26,6)24(22)17-27(36-8)31(21,23)7/h14,19,21,25-28,32H,3,9-13,15-18H2,1-2,4-8H3,(H,33,34,35)/t21?,25-,26?,27+,28?,30-,31-/m1/s1. The number of ether oxygens (including phenoxy) is 1. The lowest BCUT2D eigenvalue weighted by Gasteiger charge is -2.62. The van der Waals surface area contributed by atoms with Crippen LogP contribution in [0.1, 0.15) is 99.3 Å². The van der Waals surface area contributed by atoms with Crippen LogP contribution in [-0.2, 0) is 19.3 Å². The van der Waals surface area contributed by atoms with Crippen molar-refractivity contribution in [3.8, 4) is 0 Å². The molecular formula is C31H50O6S. The molecule has 7 heteroatoms. The summed E-state index contributed by atoms with van der Waals surface area (Å²) in [7, 11) is -2.84. The molecule has 4 rings (SSSR count). The van der Waals surface area contributed by atoms with Crippen LogP contribution in [0.5, 0.6) is 0 Å². The summed E-state index contributed by atoms with van der Waals surface area (Å²) in [6, 6.07) is 0. The van der Waals surface area contributed by atoms with E-state index >= 15 is 0 Å². The molecule has 0 heterocycles. The molecule has 4 aliphatic rings. The summed E-state index contributed by atoms with van der Waals surface area (Å²) < 4.78 is 44.1. The first kappa shape index (κ1) is 30.0. The van der Waals surface area contributed by atoms with Gasteiger partial charge in [-0.05, 0) is 97.5 Å². The third kappa shape index (κ3) is 5.00. The molecule has 7 atom stereocenters. The molecule has 0 aromatic rings. The molecule has 0 saturated heterocycles. The van der Waals surface area contributed by atoms with Crippen LogP contribution < -0.4 is 0 Å². The number of hydrogen-bond donors (Lipinski definition) is 2. The number of aliphatic hydroxyl groups excluding tert-OH is 1. The zero-order valence-corrected chi connectivity index (χ0v) is 25.4. The fourth-order valence-corrected chi connectivity index (χ4v) is 9.71. The molecule has 216 valence electrons. The molecule has 0 amide bonds. The summed E-state index contributed by atoms with van der Waals surface area (Å²) in [6.07, 6.45) is 9.24. The lowest BCUT2D eigenvalue weighted by molar-refractivity contribution is -0.147. The van der Waals surface area contributed by atoms with E-state index in [4.69, 9.17) is 8.92 Å². The smallest absolute Gasteiger partial charge is 0.390 e. The van der Waals surface area contributed by atoms with E-state index in [9.17, 15) is 18.1 Å². The zero-order chi connectivity index (χ0) is 28.3. The van der Waals surface area contributed by atoms with Crippen LogP contribution in [0, 0.1) is 34.0 Å². The molecule has 38 heavy (non-hydrogen) atoms. The SMILES string of the molecule is C=C(CCCC1CCC=C2C3=C(C[C@H](OC)[C@@]21C)[C@@]1(C)C[C@@H](O)C(OS(=O)(=O)O)C(C)(C)C1CC3)C(C)C. The monoisotopic (exact) mass is 550 g/mol. The van der Waals surface area contributed by atoms with Gasteiger partial charge in [0.2, 0.25) is 0 Å². The summed E-state index contributed by atoms with van der Waals surface area (Å²) in [5.41, 5.74) is 4.60. The van der Waals surface area contributed by atoms with Crippen LogP contribution in [0.25, 0.3) is 0 Å². The topological polar surface area (TPSA) is 93.1 Å². The second kappa shape index (κ2) is 10.4. The van der Waals surface area contributed by atoms with Crippen LogP contribution in [-0.4, -0.2) is 43.5 Å². The molecular weight excluding hydrogens is 500 g/mol. The van der Waals surface area contributed by atoms with Crippen LogP contribution in [0.3, 0.4) is 0 Å². The molecule has 0 aromatic carbocycles. The number of allylic oxidation sites excluding steroid dienone is 3. The van der Waals surface area contributed by atoms with Gasteiger partial charge in [-0.1, -0.05) is 65.3 Å². The molecule has 0 aromatic heterocycles. The van der Waals surface area contributed by atoms with Gasteiger partial charge in [0, 0.05) is 12.5 Å². The summed E-state index contributed by atoms with van der Waals surface area (Å²) in [5, 5.41) is 11.2. The third-order valence-corrected chi connectivity index (χ3v) is 11.6. The van der Waals surface area contributed by atoms with Gasteiger partial charge in [0.15, 0.2) is 0 Å². The Balaban J connectivity index is 1.69. The van der Waals surface area contributed by atoms with E-state index in [1.54, 1.807) is 0 Å². The molecule has 1 saturated carbocycles. The number of fused-ring (bicyclic) bond motifs is 4. The Morgan fingerprint density at radius 1 is 1.21 bits per heavy atom. The lowest BCUT2D eigenvalue weighted by Crippen LogP contribution is -2.60. The Labute approximate surface area is 230 Å². The first-order valence-electron chi connectivity index (χ1n) is 14.5. The van der Waals surface area contributed by atoms with E-state index < -0.39 is 28.0 Å². The highest BCUT2D eigenvalue weighted by Gasteiger charge is 2.62. The van der Waals surface area contributed by atoms with Crippen molar-refractivity contribution in [3.05, 3.63) is 34.9 Å². The summed E-state index contributed by atoms with van der Waals surface area (Å²) in [5.74, 6) is 1.18. The number of aliphatic hydroxyl groups is 1. The minimum atomic E-state index is -4.68. The lowest BCUT2D eigenvalue weighted by atomic mass is 9.44. The normalized spacial score (nSPS) is 38.8. The van der Waals surface area contributed by atoms with E-state index in [0.29, 0.717) is 18.3 Å². The van der Waals surface area contributed by atoms with Gasteiger partial charge in [-0.2, -0.15) is 8.42 Å². The number of rotatable bonds is 8. The average Bonchev–Trinajstić information content (AvgIpc) is 2.80. The van der Waals surface area contributed by atoms with Gasteiger partial charge in [0.25, 0.3) is 0 Å². The Bertz CT molecular complexity index is 1100. The predicted molar refractivity (Wildman–Crippen MR) is 151 cm³/mol. The van der Waals surface area contributed by atoms with Crippen LogP contribution >= 0.6 is 0 Å². The van der Waals surface area contributed by atoms with Crippen molar-refractivity contribution < 1.29 is 27.0 Å². The Hall–Kier alpha value is -0.990. The molecule has 6 nitrogen and oxygen atoms in total. The molecule has 3 unspecified atom stereocenters. The zero-order valence-electron chi connectivity index (χ0n) is 24.5. The van der Waals surface area contributed by atoms with Gasteiger partial charge in [0.1, 0.15) is 6.10 Å². The predicted octanol–water partition coefficient (Wildman–Crippen LogP) is 6.82. The van der Waals surface area contributed by atoms with Gasteiger partial charge in [0.05, 0.1) is 12.2 Å². The maximum atomic E-state index is 11.6. The molecule has 0 spiro atoms. The summed E-state index contributed by atoms with van der Waals surface area (Å²) in [4.78, 5) is 0. The maximum Gasteiger partial charge on any atom is 0.397 e. The van der Waals surface area contributed by atoms with Crippen LogP contribution in [0.2, 0.25) is 0 Å². The largest absolute Gasteiger partial charge is 0.397 e. The summed E-state index contributed by atoms with van der Waals surface area (Å²) in [6.45, 7) is 17.3. The third-order valence-electron chi connectivity index (χ3n) is 11.2. The van der Waals surface area contributed by atoms with Crippen molar-refractivity contribution in [2.45, 2.75) is 118 Å². The fourth-order valence-electron chi connectivity index (χ4n) is 9.07. The average molecular weight is 551 g/mol. The van der Waals surface area contributed by atoms with Crippen molar-refractivity contribution in [2.24, 2.45) is 34.0 Å². The Kier molecular flexibility index (Phi) is 8.24. The van der Waals surface area contributed by atoms with E-state index in [1.807, 2.05) is 21.0 Å². The molecule has 0 bridgehead atoms. The fraction of sp³-hybridized carbons (Fsp3) is 0.806. The quantitative estimate of drug-likeness (QED) is 0.254. The van der Waals surface area contributed by atoms with Gasteiger partial charge < -0.3 is 9.84 Å². The molecule has 1 fully saturated rings. The Morgan fingerprint density at radius 3 is 2.50 bits per heavy atom. The highest BCUT2D eigenvalue weighted by molar-refractivity contribution is 7.80. The molecule has 0 radical (unpaired) electrons. The van der Waals surface area contributed by atoms with Crippen molar-refractivity contribution in [3.63, 3.8) is 0 Å². The minimum Gasteiger partial charge on any atom is -0.390 e. The van der Waals surface area contributed by atoms with Crippen molar-refractivity contribution in [1.82, 2.24) is 0 Å². The summed E-state index contributed by atoms with van der Waals surface area (Å²) >= 11 is 0. The minimum absolute atomic E-state index is 0.0480. The van der Waals surface area contributed by atoms with Crippen LogP contribution in [0.15, 0.2) is 34.9 Å². The molecule has 4 aliphatic carbocycles. The number of hydrogen-bond acceptors (Lipinski definition) is 5. The van der Waals surface area contributed by atoms with Crippen LogP contribution in [0.4, 0.5) is 0 Å². The second-order valence-electron chi connectivity index (χ2n) is 13.8. The highest BCUT2D eigenvalue weighted by atomic mass is 32.3. The van der Waals surface area contributed by atoms with E-state index in [1.165, 1.54) is 35.1 Å². The van der Waals surface area contributed by atoms with E-state index in [2.05, 4.69) is 40.3 Å². The highest BCUT2D eigenvalue weighted by Crippen LogP contribution is 2.66. The molecule has 2 N–H and O–H groups in total. The first-order chi connectivity index (χ1) is 17.6. The Morgan fingerprint density at radius 2 is 1.89 bits per heavy atom. The molecule has 0 aliphatic heterocycles. The van der Waals surface area contributed by atoms with Crippen molar-refractivity contribution >= 4 is 10.4 Å². The first-order valence-corrected chi connectivity index (χ1v) is 15.9. The van der Waals surface area contributed by atoms with Gasteiger partial charge in [-0.3, -0.25) is 4.55 Å². The van der Waals surface area contributed by atoms with Gasteiger partial charge in [-0.15, -0.1) is 0 Å². The van der Waals surface area contributed by atoms with Crippen molar-refractivity contribution in [1.29, 1.82) is 0 Å².